The number of ether oxygens (including phenoxy) is 2. The Labute approximate surface area is 207 Å². The van der Waals surface area contributed by atoms with Gasteiger partial charge in [-0.15, -0.1) is 0 Å². The Morgan fingerprint density at radius 3 is 1.88 bits per heavy atom. The van der Waals surface area contributed by atoms with Crippen LogP contribution < -0.4 is 4.74 Å². The highest BCUT2D eigenvalue weighted by molar-refractivity contribution is 6.25. The largest absolute Gasteiger partial charge is 0.494 e. The highest BCUT2D eigenvalue weighted by atomic mass is 16.5. The number of allylic oxidation sites excluding steroid dienone is 4. The summed E-state index contributed by atoms with van der Waals surface area (Å²) < 4.78 is 11.9. The van der Waals surface area contributed by atoms with Crippen molar-refractivity contribution in [2.24, 2.45) is 0 Å². The van der Waals surface area contributed by atoms with Gasteiger partial charge in [0.25, 0.3) is 0 Å². The average molecular weight is 465 g/mol. The summed E-state index contributed by atoms with van der Waals surface area (Å²) in [5, 5.41) is 0. The van der Waals surface area contributed by atoms with Crippen molar-refractivity contribution in [2.75, 3.05) is 13.2 Å². The minimum atomic E-state index is 0.00203. The second kappa shape index (κ2) is 14.9. The molecule has 0 heterocycles. The number of hydrogen-bond donors (Lipinski definition) is 0. The Bertz CT molecular complexity index is 875. The molecule has 34 heavy (non-hydrogen) atoms. The van der Waals surface area contributed by atoms with Crippen molar-refractivity contribution in [1.29, 1.82) is 0 Å². The first-order valence-corrected chi connectivity index (χ1v) is 13.8. The lowest BCUT2D eigenvalue weighted by Gasteiger charge is -2.15. The van der Waals surface area contributed by atoms with E-state index in [1.165, 1.54) is 77.0 Å². The summed E-state index contributed by atoms with van der Waals surface area (Å²) in [7, 11) is 0. The van der Waals surface area contributed by atoms with Gasteiger partial charge in [0.05, 0.1) is 13.2 Å². The maximum Gasteiger partial charge on any atom is 0.228 e. The summed E-state index contributed by atoms with van der Waals surface area (Å²) in [6.07, 6.45) is 23.5. The highest BCUT2D eigenvalue weighted by Crippen LogP contribution is 2.40. The molecule has 3 rings (SSSR count). The van der Waals surface area contributed by atoms with E-state index in [0.717, 1.165) is 47.5 Å². The van der Waals surface area contributed by atoms with Crippen LogP contribution in [-0.2, 0) is 9.53 Å². The third kappa shape index (κ3) is 7.89. The van der Waals surface area contributed by atoms with Crippen LogP contribution in [0.4, 0.5) is 0 Å². The van der Waals surface area contributed by atoms with Crippen molar-refractivity contribution < 1.29 is 14.3 Å². The van der Waals surface area contributed by atoms with E-state index in [-0.39, 0.29) is 5.78 Å². The normalized spacial score (nSPS) is 14.3. The number of rotatable bonds is 18. The van der Waals surface area contributed by atoms with Gasteiger partial charge in [0.15, 0.2) is 5.76 Å². The molecule has 0 saturated heterocycles. The van der Waals surface area contributed by atoms with Gasteiger partial charge in [-0.25, -0.2) is 0 Å². The van der Waals surface area contributed by atoms with Gasteiger partial charge < -0.3 is 9.47 Å². The second-order valence-electron chi connectivity index (χ2n) is 9.69. The molecule has 3 heteroatoms. The van der Waals surface area contributed by atoms with E-state index in [0.29, 0.717) is 12.4 Å². The number of carbonyl (C=O) groups is 1. The molecule has 1 aromatic carbocycles. The fourth-order valence-electron chi connectivity index (χ4n) is 4.71. The average Bonchev–Trinajstić information content (AvgIpc) is 3.22. The zero-order valence-electron chi connectivity index (χ0n) is 21.5. The van der Waals surface area contributed by atoms with Crippen molar-refractivity contribution in [2.45, 2.75) is 104 Å². The van der Waals surface area contributed by atoms with Crippen molar-refractivity contribution in [3.05, 3.63) is 52.8 Å². The predicted octanol–water partition coefficient (Wildman–Crippen LogP) is 8.83. The Morgan fingerprint density at radius 2 is 1.24 bits per heavy atom. The monoisotopic (exact) mass is 464 g/mol. The summed E-state index contributed by atoms with van der Waals surface area (Å²) in [5.74, 6) is 1.36. The summed E-state index contributed by atoms with van der Waals surface area (Å²) in [6.45, 7) is 5.86. The Balaban J connectivity index is 1.42. The van der Waals surface area contributed by atoms with Crippen LogP contribution in [0.15, 0.2) is 41.7 Å². The number of ketones is 1. The summed E-state index contributed by atoms with van der Waals surface area (Å²) in [4.78, 5) is 13.0. The molecule has 0 bridgehead atoms. The van der Waals surface area contributed by atoms with E-state index in [1.54, 1.807) is 0 Å². The molecule has 0 atom stereocenters. The number of hydrogen-bond acceptors (Lipinski definition) is 3. The predicted molar refractivity (Wildman–Crippen MR) is 143 cm³/mol. The van der Waals surface area contributed by atoms with E-state index >= 15 is 0 Å². The Hall–Kier alpha value is -2.29. The van der Waals surface area contributed by atoms with Gasteiger partial charge in [-0.05, 0) is 59.9 Å². The molecule has 186 valence electrons. The van der Waals surface area contributed by atoms with Crippen LogP contribution in [0.1, 0.15) is 115 Å². The quantitative estimate of drug-likeness (QED) is 0.204. The molecule has 2 aliphatic rings. The zero-order chi connectivity index (χ0) is 24.0. The number of unbranched alkanes of at least 4 members (excludes halogenated alkanes) is 12. The van der Waals surface area contributed by atoms with Gasteiger partial charge in [-0.2, -0.15) is 0 Å². The molecule has 1 aromatic rings. The highest BCUT2D eigenvalue weighted by Gasteiger charge is 2.29. The third-order valence-corrected chi connectivity index (χ3v) is 6.80. The number of benzene rings is 1. The fraction of sp³-hybridized carbons (Fsp3) is 0.581. The van der Waals surface area contributed by atoms with E-state index < -0.39 is 0 Å². The minimum absolute atomic E-state index is 0.00203. The fourth-order valence-corrected chi connectivity index (χ4v) is 4.71. The number of Topliss-reactive ketones (excluding diaryl/α,β-unsaturated/α-hetero) is 1. The van der Waals surface area contributed by atoms with Gasteiger partial charge in [-0.1, -0.05) is 97.0 Å². The first kappa shape index (κ1) is 26.3. The zero-order valence-corrected chi connectivity index (χ0v) is 21.5. The van der Waals surface area contributed by atoms with Crippen LogP contribution in [0.2, 0.25) is 0 Å². The van der Waals surface area contributed by atoms with Crippen LogP contribution in [-0.4, -0.2) is 19.0 Å². The van der Waals surface area contributed by atoms with Crippen LogP contribution in [0.25, 0.3) is 11.6 Å². The molecule has 0 amide bonds. The molecule has 0 unspecified atom stereocenters. The van der Waals surface area contributed by atoms with Gasteiger partial charge in [-0.3, -0.25) is 4.79 Å². The summed E-state index contributed by atoms with van der Waals surface area (Å²) >= 11 is 0. The summed E-state index contributed by atoms with van der Waals surface area (Å²) in [6, 6.07) is 6.17. The molecule has 2 aliphatic carbocycles. The minimum Gasteiger partial charge on any atom is -0.494 e. The molecule has 0 aliphatic heterocycles. The van der Waals surface area contributed by atoms with Crippen molar-refractivity contribution in [1.82, 2.24) is 0 Å². The maximum absolute atomic E-state index is 13.0. The molecule has 0 spiro atoms. The lowest BCUT2D eigenvalue weighted by molar-refractivity contribution is -0.115. The standard InChI is InChI=1S/C31H44O3/c1-3-5-7-9-11-13-15-21-33-26-17-18-27-25(23-26)24-29-28(27)19-20-30(31(29)32)34-22-16-14-12-10-8-6-4-2/h17-20,23-24H,3-16,21-22H2,1-2H3. The first-order chi connectivity index (χ1) is 16.7. The maximum atomic E-state index is 13.0. The van der Waals surface area contributed by atoms with Crippen molar-refractivity contribution in [3.63, 3.8) is 0 Å². The Morgan fingerprint density at radius 1 is 0.647 bits per heavy atom. The van der Waals surface area contributed by atoms with Crippen molar-refractivity contribution in [3.8, 4) is 5.75 Å². The lowest BCUT2D eigenvalue weighted by atomic mass is 9.95. The van der Waals surface area contributed by atoms with Crippen LogP contribution >= 0.6 is 0 Å². The smallest absolute Gasteiger partial charge is 0.228 e. The van der Waals surface area contributed by atoms with Gasteiger partial charge >= 0.3 is 0 Å². The molecule has 0 aromatic heterocycles. The van der Waals surface area contributed by atoms with E-state index in [4.69, 9.17) is 9.47 Å². The topological polar surface area (TPSA) is 35.5 Å². The third-order valence-electron chi connectivity index (χ3n) is 6.80. The Kier molecular flexibility index (Phi) is 11.5. The second-order valence-corrected chi connectivity index (χ2v) is 9.69. The van der Waals surface area contributed by atoms with Gasteiger partial charge in [0.2, 0.25) is 5.78 Å². The summed E-state index contributed by atoms with van der Waals surface area (Å²) in [5.41, 5.74) is 3.92. The van der Waals surface area contributed by atoms with Gasteiger partial charge in [0.1, 0.15) is 5.75 Å². The van der Waals surface area contributed by atoms with Crippen LogP contribution in [0.5, 0.6) is 5.75 Å². The number of carbonyl (C=O) groups excluding carboxylic acids is 1. The van der Waals surface area contributed by atoms with Crippen LogP contribution in [0, 0.1) is 0 Å². The molecular formula is C31H44O3. The molecule has 0 radical (unpaired) electrons. The molecular weight excluding hydrogens is 420 g/mol. The lowest BCUT2D eigenvalue weighted by Crippen LogP contribution is -2.12. The van der Waals surface area contributed by atoms with E-state index in [1.807, 2.05) is 24.3 Å². The molecule has 0 N–H and O–H groups in total. The van der Waals surface area contributed by atoms with Crippen LogP contribution in [0.3, 0.4) is 0 Å². The SMILES string of the molecule is CCCCCCCCCOC1=CC=C2C(=Cc3cc(OCCCCCCCCC)ccc32)C1=O. The van der Waals surface area contributed by atoms with E-state index in [2.05, 4.69) is 26.0 Å². The number of fused-ring (bicyclic) bond motifs is 3. The molecule has 3 nitrogen and oxygen atoms in total. The van der Waals surface area contributed by atoms with Gasteiger partial charge in [0, 0.05) is 5.57 Å². The first-order valence-electron chi connectivity index (χ1n) is 13.8. The molecule has 0 fully saturated rings. The molecule has 0 saturated carbocycles. The van der Waals surface area contributed by atoms with Crippen molar-refractivity contribution >= 4 is 17.4 Å². The van der Waals surface area contributed by atoms with E-state index in [9.17, 15) is 4.79 Å².